The SMILES string of the molecule is CC(C)NCCC(=O)N(C)C1CCC1. The number of nitrogens with zero attached hydrogens (tertiary/aromatic N) is 1. The maximum absolute atomic E-state index is 11.6. The zero-order valence-electron chi connectivity index (χ0n) is 9.55. The van der Waals surface area contributed by atoms with Gasteiger partial charge in [0.2, 0.25) is 5.91 Å². The monoisotopic (exact) mass is 198 g/mol. The lowest BCUT2D eigenvalue weighted by atomic mass is 9.92. The molecule has 1 N–H and O–H groups in total. The second-order valence-corrected chi connectivity index (χ2v) is 4.45. The number of hydrogen-bond donors (Lipinski definition) is 1. The quantitative estimate of drug-likeness (QED) is 0.724. The third-order valence-electron chi connectivity index (χ3n) is 2.91. The Morgan fingerprint density at radius 2 is 2.14 bits per heavy atom. The molecule has 1 fully saturated rings. The summed E-state index contributed by atoms with van der Waals surface area (Å²) in [6.45, 7) is 4.99. The maximum atomic E-state index is 11.6. The van der Waals surface area contributed by atoms with E-state index >= 15 is 0 Å². The molecule has 0 bridgehead atoms. The van der Waals surface area contributed by atoms with Gasteiger partial charge in [0.15, 0.2) is 0 Å². The lowest BCUT2D eigenvalue weighted by Gasteiger charge is -2.34. The first-order valence-electron chi connectivity index (χ1n) is 5.60. The molecule has 0 unspecified atom stereocenters. The predicted octanol–water partition coefficient (Wildman–Crippen LogP) is 1.39. The first-order chi connectivity index (χ1) is 6.61. The molecule has 0 aromatic heterocycles. The Labute approximate surface area is 86.9 Å². The van der Waals surface area contributed by atoms with Gasteiger partial charge in [0, 0.05) is 32.1 Å². The average Bonchev–Trinajstić information content (AvgIpc) is 2.00. The Kier molecular flexibility index (Phi) is 4.39. The van der Waals surface area contributed by atoms with Gasteiger partial charge in [-0.15, -0.1) is 0 Å². The van der Waals surface area contributed by atoms with Crippen molar-refractivity contribution < 1.29 is 4.79 Å². The van der Waals surface area contributed by atoms with Crippen molar-refractivity contribution in [2.45, 2.75) is 51.6 Å². The molecule has 1 rings (SSSR count). The number of amides is 1. The van der Waals surface area contributed by atoms with Crippen molar-refractivity contribution >= 4 is 5.91 Å². The van der Waals surface area contributed by atoms with Gasteiger partial charge in [-0.3, -0.25) is 4.79 Å². The molecule has 14 heavy (non-hydrogen) atoms. The van der Waals surface area contributed by atoms with Gasteiger partial charge in [0.1, 0.15) is 0 Å². The molecule has 3 heteroatoms. The van der Waals surface area contributed by atoms with Crippen LogP contribution in [0, 0.1) is 0 Å². The largest absolute Gasteiger partial charge is 0.343 e. The number of carbonyl (C=O) groups excluding carboxylic acids is 1. The number of nitrogens with one attached hydrogen (secondary N) is 1. The van der Waals surface area contributed by atoms with Gasteiger partial charge in [0.25, 0.3) is 0 Å². The fourth-order valence-electron chi connectivity index (χ4n) is 1.62. The average molecular weight is 198 g/mol. The van der Waals surface area contributed by atoms with Gasteiger partial charge in [-0.05, 0) is 19.3 Å². The van der Waals surface area contributed by atoms with E-state index in [1.165, 1.54) is 19.3 Å². The fraction of sp³-hybridized carbons (Fsp3) is 0.909. The Balaban J connectivity index is 2.13. The minimum atomic E-state index is 0.280. The van der Waals surface area contributed by atoms with Crippen LogP contribution in [-0.2, 0) is 4.79 Å². The molecule has 1 aliphatic carbocycles. The van der Waals surface area contributed by atoms with E-state index in [0.29, 0.717) is 18.5 Å². The molecule has 0 atom stereocenters. The highest BCUT2D eigenvalue weighted by Crippen LogP contribution is 2.23. The molecule has 0 aliphatic heterocycles. The van der Waals surface area contributed by atoms with Crippen LogP contribution in [0.4, 0.5) is 0 Å². The molecule has 82 valence electrons. The molecule has 1 amide bonds. The second kappa shape index (κ2) is 5.35. The number of rotatable bonds is 5. The summed E-state index contributed by atoms with van der Waals surface area (Å²) in [4.78, 5) is 13.6. The Hall–Kier alpha value is -0.570. The second-order valence-electron chi connectivity index (χ2n) is 4.45. The van der Waals surface area contributed by atoms with Crippen molar-refractivity contribution in [2.24, 2.45) is 0 Å². The van der Waals surface area contributed by atoms with Gasteiger partial charge in [-0.25, -0.2) is 0 Å². The van der Waals surface area contributed by atoms with E-state index in [1.54, 1.807) is 0 Å². The summed E-state index contributed by atoms with van der Waals surface area (Å²) in [6, 6.07) is 0.998. The summed E-state index contributed by atoms with van der Waals surface area (Å²) in [7, 11) is 1.93. The van der Waals surface area contributed by atoms with Crippen LogP contribution in [0.1, 0.15) is 39.5 Å². The number of hydrogen-bond acceptors (Lipinski definition) is 2. The minimum absolute atomic E-state index is 0.280. The van der Waals surface area contributed by atoms with E-state index in [4.69, 9.17) is 0 Å². The molecule has 0 radical (unpaired) electrons. The Morgan fingerprint density at radius 3 is 2.57 bits per heavy atom. The van der Waals surface area contributed by atoms with Crippen LogP contribution in [0.3, 0.4) is 0 Å². The van der Waals surface area contributed by atoms with Crippen molar-refractivity contribution in [1.29, 1.82) is 0 Å². The molecular formula is C11H22N2O. The van der Waals surface area contributed by atoms with Crippen LogP contribution >= 0.6 is 0 Å². The van der Waals surface area contributed by atoms with Crippen LogP contribution in [0.15, 0.2) is 0 Å². The molecule has 1 aliphatic rings. The van der Waals surface area contributed by atoms with Crippen molar-refractivity contribution in [3.05, 3.63) is 0 Å². The summed E-state index contributed by atoms with van der Waals surface area (Å²) >= 11 is 0. The predicted molar refractivity (Wildman–Crippen MR) is 58.2 cm³/mol. The summed E-state index contributed by atoms with van der Waals surface area (Å²) in [6.07, 6.45) is 4.30. The van der Waals surface area contributed by atoms with Crippen LogP contribution < -0.4 is 5.32 Å². The van der Waals surface area contributed by atoms with Crippen LogP contribution in [0.2, 0.25) is 0 Å². The van der Waals surface area contributed by atoms with Crippen LogP contribution in [0.25, 0.3) is 0 Å². The lowest BCUT2D eigenvalue weighted by Crippen LogP contribution is -2.42. The Morgan fingerprint density at radius 1 is 1.50 bits per heavy atom. The summed E-state index contributed by atoms with van der Waals surface area (Å²) in [5.41, 5.74) is 0. The van der Waals surface area contributed by atoms with E-state index < -0.39 is 0 Å². The lowest BCUT2D eigenvalue weighted by molar-refractivity contribution is -0.133. The number of carbonyl (C=O) groups is 1. The minimum Gasteiger partial charge on any atom is -0.343 e. The van der Waals surface area contributed by atoms with Crippen molar-refractivity contribution in [3.8, 4) is 0 Å². The molecule has 3 nitrogen and oxygen atoms in total. The molecule has 0 aromatic carbocycles. The molecular weight excluding hydrogens is 176 g/mol. The van der Waals surface area contributed by atoms with Crippen LogP contribution in [0.5, 0.6) is 0 Å². The topological polar surface area (TPSA) is 32.3 Å². The molecule has 0 spiro atoms. The van der Waals surface area contributed by atoms with Gasteiger partial charge < -0.3 is 10.2 Å². The third-order valence-corrected chi connectivity index (χ3v) is 2.91. The van der Waals surface area contributed by atoms with Gasteiger partial charge >= 0.3 is 0 Å². The zero-order chi connectivity index (χ0) is 10.6. The highest BCUT2D eigenvalue weighted by Gasteiger charge is 2.24. The normalized spacial score (nSPS) is 16.9. The van der Waals surface area contributed by atoms with Gasteiger partial charge in [0.05, 0.1) is 0 Å². The summed E-state index contributed by atoms with van der Waals surface area (Å²) < 4.78 is 0. The van der Waals surface area contributed by atoms with E-state index in [9.17, 15) is 4.79 Å². The molecule has 1 saturated carbocycles. The van der Waals surface area contributed by atoms with E-state index in [1.807, 2.05) is 11.9 Å². The highest BCUT2D eigenvalue weighted by atomic mass is 16.2. The summed E-state index contributed by atoms with van der Waals surface area (Å²) in [5, 5.41) is 3.26. The van der Waals surface area contributed by atoms with Gasteiger partial charge in [-0.1, -0.05) is 13.8 Å². The van der Waals surface area contributed by atoms with Crippen molar-refractivity contribution in [1.82, 2.24) is 10.2 Å². The Bertz CT molecular complexity index is 188. The molecule has 0 saturated heterocycles. The fourth-order valence-corrected chi connectivity index (χ4v) is 1.62. The highest BCUT2D eigenvalue weighted by molar-refractivity contribution is 5.76. The molecule has 0 heterocycles. The smallest absolute Gasteiger partial charge is 0.223 e. The maximum Gasteiger partial charge on any atom is 0.223 e. The van der Waals surface area contributed by atoms with Gasteiger partial charge in [-0.2, -0.15) is 0 Å². The van der Waals surface area contributed by atoms with Crippen molar-refractivity contribution in [3.63, 3.8) is 0 Å². The third kappa shape index (κ3) is 3.29. The van der Waals surface area contributed by atoms with E-state index in [0.717, 1.165) is 6.54 Å². The van der Waals surface area contributed by atoms with E-state index in [2.05, 4.69) is 19.2 Å². The van der Waals surface area contributed by atoms with Crippen LogP contribution in [-0.4, -0.2) is 36.5 Å². The first kappa shape index (κ1) is 11.5. The molecule has 0 aromatic rings. The standard InChI is InChI=1S/C11H22N2O/c1-9(2)12-8-7-11(14)13(3)10-5-4-6-10/h9-10,12H,4-8H2,1-3H3. The van der Waals surface area contributed by atoms with Crippen molar-refractivity contribution in [2.75, 3.05) is 13.6 Å². The van der Waals surface area contributed by atoms with E-state index in [-0.39, 0.29) is 5.91 Å². The first-order valence-corrected chi connectivity index (χ1v) is 5.60. The zero-order valence-corrected chi connectivity index (χ0v) is 9.55. The summed E-state index contributed by atoms with van der Waals surface area (Å²) in [5.74, 6) is 0.280.